The van der Waals surface area contributed by atoms with Gasteiger partial charge in [0.1, 0.15) is 5.75 Å². The maximum Gasteiger partial charge on any atom is 0.422 e. The molecule has 0 spiro atoms. The summed E-state index contributed by atoms with van der Waals surface area (Å²) >= 11 is 0. The van der Waals surface area contributed by atoms with Crippen LogP contribution in [0.1, 0.15) is 19.3 Å². The van der Waals surface area contributed by atoms with Crippen LogP contribution in [0.2, 0.25) is 0 Å². The van der Waals surface area contributed by atoms with Crippen LogP contribution in [0.5, 0.6) is 5.75 Å². The number of halogens is 3. The molecule has 0 saturated carbocycles. The van der Waals surface area contributed by atoms with E-state index in [2.05, 4.69) is 15.4 Å². The van der Waals surface area contributed by atoms with Crippen molar-refractivity contribution in [3.63, 3.8) is 0 Å². The van der Waals surface area contributed by atoms with Crippen LogP contribution >= 0.6 is 0 Å². The predicted molar refractivity (Wildman–Crippen MR) is 96.5 cm³/mol. The number of carbonyl (C=O) groups excluding carboxylic acids is 1. The van der Waals surface area contributed by atoms with Gasteiger partial charge in [0.2, 0.25) is 15.9 Å². The van der Waals surface area contributed by atoms with Gasteiger partial charge in [-0.3, -0.25) is 4.79 Å². The van der Waals surface area contributed by atoms with E-state index >= 15 is 0 Å². The molecule has 2 saturated heterocycles. The van der Waals surface area contributed by atoms with Crippen molar-refractivity contribution in [2.45, 2.75) is 36.7 Å². The third-order valence-electron chi connectivity index (χ3n) is 4.78. The highest BCUT2D eigenvalue weighted by molar-refractivity contribution is 7.89. The number of carbonyl (C=O) groups is 1. The standard InChI is InChI=1S/C17H22F3N3O4S/c18-17(19,20)11-27-13-5-3-12(4-6-13)22-16(24)15-9-14(10-21-15)28(25,26)23-7-1-2-8-23/h3-6,14-15,21H,1-2,7-11H2,(H,22,24). The highest BCUT2D eigenvalue weighted by Crippen LogP contribution is 2.24. The predicted octanol–water partition coefficient (Wildman–Crippen LogP) is 1.72. The molecule has 1 amide bonds. The second-order valence-corrected chi connectivity index (χ2v) is 9.10. The zero-order valence-corrected chi connectivity index (χ0v) is 15.9. The van der Waals surface area contributed by atoms with Gasteiger partial charge in [-0.15, -0.1) is 0 Å². The number of anilines is 1. The maximum absolute atomic E-state index is 12.6. The molecule has 2 fully saturated rings. The molecule has 2 heterocycles. The molecule has 11 heteroatoms. The van der Waals surface area contributed by atoms with Crippen molar-refractivity contribution in [1.82, 2.24) is 9.62 Å². The van der Waals surface area contributed by atoms with E-state index in [1.807, 2.05) is 0 Å². The van der Waals surface area contributed by atoms with Crippen LogP contribution in [0, 0.1) is 0 Å². The molecule has 28 heavy (non-hydrogen) atoms. The van der Waals surface area contributed by atoms with Gasteiger partial charge in [-0.1, -0.05) is 0 Å². The summed E-state index contributed by atoms with van der Waals surface area (Å²) in [6.45, 7) is -0.129. The Hall–Kier alpha value is -1.85. The Balaban J connectivity index is 1.52. The van der Waals surface area contributed by atoms with Crippen molar-refractivity contribution in [3.8, 4) is 5.75 Å². The second-order valence-electron chi connectivity index (χ2n) is 6.89. The lowest BCUT2D eigenvalue weighted by Crippen LogP contribution is -2.37. The van der Waals surface area contributed by atoms with Gasteiger partial charge in [0.25, 0.3) is 0 Å². The van der Waals surface area contributed by atoms with Gasteiger partial charge in [0.05, 0.1) is 11.3 Å². The van der Waals surface area contributed by atoms with Crippen LogP contribution < -0.4 is 15.4 Å². The van der Waals surface area contributed by atoms with E-state index in [1.165, 1.54) is 28.6 Å². The first-order valence-corrected chi connectivity index (χ1v) is 10.5. The molecule has 2 unspecified atom stereocenters. The summed E-state index contributed by atoms with van der Waals surface area (Å²) in [5.74, 6) is -0.353. The maximum atomic E-state index is 12.6. The van der Waals surface area contributed by atoms with E-state index in [1.54, 1.807) is 0 Å². The minimum Gasteiger partial charge on any atom is -0.484 e. The molecule has 7 nitrogen and oxygen atoms in total. The summed E-state index contributed by atoms with van der Waals surface area (Å²) in [5, 5.41) is 4.93. The SMILES string of the molecule is O=C(Nc1ccc(OCC(F)(F)F)cc1)C1CC(S(=O)(=O)N2CCCC2)CN1. The average Bonchev–Trinajstić information content (AvgIpc) is 3.32. The van der Waals surface area contributed by atoms with Crippen molar-refractivity contribution < 1.29 is 31.1 Å². The number of alkyl halides is 3. The summed E-state index contributed by atoms with van der Waals surface area (Å²) in [5.41, 5.74) is 0.386. The summed E-state index contributed by atoms with van der Waals surface area (Å²) in [6, 6.07) is 4.85. The van der Waals surface area contributed by atoms with E-state index in [0.717, 1.165) is 12.8 Å². The average molecular weight is 421 g/mol. The molecule has 0 radical (unpaired) electrons. The fourth-order valence-electron chi connectivity index (χ4n) is 3.31. The smallest absolute Gasteiger partial charge is 0.422 e. The number of nitrogens with zero attached hydrogens (tertiary/aromatic N) is 1. The quantitative estimate of drug-likeness (QED) is 0.731. The molecule has 2 atom stereocenters. The number of sulfonamides is 1. The minimum atomic E-state index is -4.42. The second kappa shape index (κ2) is 8.26. The van der Waals surface area contributed by atoms with Gasteiger partial charge in [-0.25, -0.2) is 12.7 Å². The molecule has 0 aromatic heterocycles. The number of hydrogen-bond acceptors (Lipinski definition) is 5. The van der Waals surface area contributed by atoms with E-state index in [0.29, 0.717) is 18.8 Å². The van der Waals surface area contributed by atoms with Crippen LogP contribution in [0.4, 0.5) is 18.9 Å². The molecule has 156 valence electrons. The van der Waals surface area contributed by atoms with Gasteiger partial charge in [0, 0.05) is 25.3 Å². The molecule has 2 aliphatic heterocycles. The number of ether oxygens (including phenoxy) is 1. The Morgan fingerprint density at radius 1 is 1.21 bits per heavy atom. The van der Waals surface area contributed by atoms with E-state index in [4.69, 9.17) is 0 Å². The molecular formula is C17H22F3N3O4S. The van der Waals surface area contributed by atoms with Crippen molar-refractivity contribution >= 4 is 21.6 Å². The zero-order valence-electron chi connectivity index (χ0n) is 15.0. The summed E-state index contributed by atoms with van der Waals surface area (Å²) in [6.07, 6.45) is -2.54. The lowest BCUT2D eigenvalue weighted by atomic mass is 10.2. The molecule has 1 aromatic carbocycles. The summed E-state index contributed by atoms with van der Waals surface area (Å²) in [7, 11) is -3.42. The first-order chi connectivity index (χ1) is 13.1. The Bertz CT molecular complexity index is 793. The Morgan fingerprint density at radius 3 is 2.46 bits per heavy atom. The highest BCUT2D eigenvalue weighted by atomic mass is 32.2. The van der Waals surface area contributed by atoms with E-state index < -0.39 is 34.1 Å². The summed E-state index contributed by atoms with van der Waals surface area (Å²) < 4.78 is 67.7. The Labute approximate surface area is 161 Å². The van der Waals surface area contributed by atoms with Crippen molar-refractivity contribution in [3.05, 3.63) is 24.3 Å². The fraction of sp³-hybridized carbons (Fsp3) is 0.588. The monoisotopic (exact) mass is 421 g/mol. The third kappa shape index (κ3) is 5.15. The number of nitrogens with one attached hydrogen (secondary N) is 2. The Kier molecular flexibility index (Phi) is 6.15. The zero-order chi connectivity index (χ0) is 20.4. The van der Waals surface area contributed by atoms with Gasteiger partial charge in [-0.2, -0.15) is 13.2 Å². The van der Waals surface area contributed by atoms with E-state index in [-0.39, 0.29) is 24.6 Å². The largest absolute Gasteiger partial charge is 0.484 e. The first kappa shape index (κ1) is 20.9. The van der Waals surface area contributed by atoms with Crippen molar-refractivity contribution in [2.24, 2.45) is 0 Å². The molecule has 0 aliphatic carbocycles. The van der Waals surface area contributed by atoms with Gasteiger partial charge in [0.15, 0.2) is 6.61 Å². The van der Waals surface area contributed by atoms with Crippen LogP contribution in [-0.4, -0.2) is 62.3 Å². The third-order valence-corrected chi connectivity index (χ3v) is 7.06. The molecular weight excluding hydrogens is 399 g/mol. The number of hydrogen-bond donors (Lipinski definition) is 2. The first-order valence-electron chi connectivity index (χ1n) is 8.98. The Morgan fingerprint density at radius 2 is 1.86 bits per heavy atom. The van der Waals surface area contributed by atoms with Gasteiger partial charge >= 0.3 is 6.18 Å². The molecule has 1 aromatic rings. The van der Waals surface area contributed by atoms with Gasteiger partial charge < -0.3 is 15.4 Å². The lowest BCUT2D eigenvalue weighted by molar-refractivity contribution is -0.153. The molecule has 2 N–H and O–H groups in total. The van der Waals surface area contributed by atoms with Crippen LogP contribution in [0.25, 0.3) is 0 Å². The van der Waals surface area contributed by atoms with Crippen LogP contribution in [0.3, 0.4) is 0 Å². The molecule has 3 rings (SSSR count). The fourth-order valence-corrected chi connectivity index (χ4v) is 5.24. The van der Waals surface area contributed by atoms with Crippen molar-refractivity contribution in [1.29, 1.82) is 0 Å². The van der Waals surface area contributed by atoms with Crippen LogP contribution in [-0.2, 0) is 14.8 Å². The number of amides is 1. The molecule has 0 bridgehead atoms. The van der Waals surface area contributed by atoms with Crippen LogP contribution in [0.15, 0.2) is 24.3 Å². The normalized spacial score (nSPS) is 23.7. The number of rotatable bonds is 6. The number of benzene rings is 1. The lowest BCUT2D eigenvalue weighted by Gasteiger charge is -2.20. The minimum absolute atomic E-state index is 0.0334. The topological polar surface area (TPSA) is 87.7 Å². The summed E-state index contributed by atoms with van der Waals surface area (Å²) in [4.78, 5) is 12.4. The highest BCUT2D eigenvalue weighted by Gasteiger charge is 2.40. The van der Waals surface area contributed by atoms with E-state index in [9.17, 15) is 26.4 Å². The van der Waals surface area contributed by atoms with Crippen molar-refractivity contribution in [2.75, 3.05) is 31.6 Å². The van der Waals surface area contributed by atoms with Gasteiger partial charge in [-0.05, 0) is 43.5 Å². The molecule has 2 aliphatic rings.